The summed E-state index contributed by atoms with van der Waals surface area (Å²) >= 11 is 0. The van der Waals surface area contributed by atoms with Crippen molar-refractivity contribution in [3.63, 3.8) is 0 Å². The Morgan fingerprint density at radius 3 is 2.89 bits per heavy atom. The van der Waals surface area contributed by atoms with Gasteiger partial charge in [-0.2, -0.15) is 0 Å². The van der Waals surface area contributed by atoms with Crippen molar-refractivity contribution >= 4 is 16.9 Å². The maximum absolute atomic E-state index is 13.4. The summed E-state index contributed by atoms with van der Waals surface area (Å²) in [5, 5.41) is 1.17. The first-order chi connectivity index (χ1) is 13.5. The lowest BCUT2D eigenvalue weighted by atomic mass is 9.67. The minimum Gasteiger partial charge on any atom is -0.497 e. The standard InChI is InChI=1S/C23H32N2O3/c1-5-6-7-16-13-23(22(26)28-4)15(2)25(14-16)11-10-18-19-12-17(27-3)8-9-20(19)24-21(18)23/h8-9,12,15-16,24H,5-7,10-11,13-14H2,1-4H3/t15?,16?,23-/m0/s1. The summed E-state index contributed by atoms with van der Waals surface area (Å²) in [6.07, 6.45) is 5.36. The lowest BCUT2D eigenvalue weighted by Crippen LogP contribution is -2.59. The highest BCUT2D eigenvalue weighted by Gasteiger charge is 2.55. The first kappa shape index (κ1) is 19.3. The van der Waals surface area contributed by atoms with Gasteiger partial charge in [0, 0.05) is 35.7 Å². The fraction of sp³-hybridized carbons (Fsp3) is 0.609. The van der Waals surface area contributed by atoms with Gasteiger partial charge in [0.25, 0.3) is 0 Å². The van der Waals surface area contributed by atoms with Crippen molar-refractivity contribution in [3.05, 3.63) is 29.5 Å². The number of fused-ring (bicyclic) bond motifs is 6. The molecule has 3 unspecified atom stereocenters. The van der Waals surface area contributed by atoms with Crippen molar-refractivity contribution in [2.75, 3.05) is 27.3 Å². The number of methoxy groups -OCH3 is 2. The van der Waals surface area contributed by atoms with Gasteiger partial charge in [0.05, 0.1) is 14.2 Å². The number of hydrogen-bond acceptors (Lipinski definition) is 4. The van der Waals surface area contributed by atoms with Crippen LogP contribution in [-0.2, 0) is 21.4 Å². The third-order valence-corrected chi connectivity index (χ3v) is 7.09. The quantitative estimate of drug-likeness (QED) is 0.791. The van der Waals surface area contributed by atoms with Crippen LogP contribution in [0.4, 0.5) is 0 Å². The summed E-state index contributed by atoms with van der Waals surface area (Å²) in [5.74, 6) is 1.26. The number of H-pyrrole nitrogens is 1. The van der Waals surface area contributed by atoms with Crippen LogP contribution in [0.3, 0.4) is 0 Å². The van der Waals surface area contributed by atoms with E-state index in [1.807, 2.05) is 6.07 Å². The molecule has 1 N–H and O–H groups in total. The molecule has 2 aliphatic rings. The van der Waals surface area contributed by atoms with Gasteiger partial charge in [0.2, 0.25) is 0 Å². The van der Waals surface area contributed by atoms with Crippen LogP contribution >= 0.6 is 0 Å². The molecule has 5 heteroatoms. The SMILES string of the molecule is CCCCC1CN2CCc3c([nH]c4ccc(OC)cc34)[C@](C(=O)OC)(C1)C2C. The second kappa shape index (κ2) is 7.43. The van der Waals surface area contributed by atoms with Crippen LogP contribution in [0.25, 0.3) is 10.9 Å². The van der Waals surface area contributed by atoms with E-state index in [2.05, 4.69) is 35.9 Å². The average Bonchev–Trinajstić information content (AvgIpc) is 3.06. The second-order valence-corrected chi connectivity index (χ2v) is 8.49. The molecule has 2 bridgehead atoms. The van der Waals surface area contributed by atoms with Crippen molar-refractivity contribution in [2.24, 2.45) is 5.92 Å². The molecule has 3 heterocycles. The fourth-order valence-corrected chi connectivity index (χ4v) is 5.56. The van der Waals surface area contributed by atoms with Crippen molar-refractivity contribution in [2.45, 2.75) is 57.4 Å². The van der Waals surface area contributed by atoms with Gasteiger partial charge in [-0.15, -0.1) is 0 Å². The third kappa shape index (κ3) is 2.83. The number of piperidine rings is 1. The van der Waals surface area contributed by atoms with Gasteiger partial charge in [-0.1, -0.05) is 19.8 Å². The Kier molecular flexibility index (Phi) is 5.13. The number of hydrogen-bond donors (Lipinski definition) is 1. The number of nitrogens with zero attached hydrogens (tertiary/aromatic N) is 1. The van der Waals surface area contributed by atoms with Crippen molar-refractivity contribution in [1.82, 2.24) is 9.88 Å². The summed E-state index contributed by atoms with van der Waals surface area (Å²) in [5.41, 5.74) is 2.76. The molecule has 4 rings (SSSR count). The largest absolute Gasteiger partial charge is 0.497 e. The molecule has 0 saturated carbocycles. The molecule has 2 aliphatic heterocycles. The van der Waals surface area contributed by atoms with Crippen molar-refractivity contribution in [3.8, 4) is 5.75 Å². The van der Waals surface area contributed by atoms with Gasteiger partial charge in [-0.3, -0.25) is 9.69 Å². The fourth-order valence-electron chi connectivity index (χ4n) is 5.56. The number of carbonyl (C=O) groups is 1. The highest BCUT2D eigenvalue weighted by molar-refractivity contribution is 5.92. The number of aromatic amines is 1. The number of nitrogens with one attached hydrogen (secondary N) is 1. The predicted octanol–water partition coefficient (Wildman–Crippen LogP) is 4.04. The zero-order chi connectivity index (χ0) is 19.9. The summed E-state index contributed by atoms with van der Waals surface area (Å²) in [7, 11) is 3.22. The van der Waals surface area contributed by atoms with E-state index in [1.54, 1.807) is 7.11 Å². The molecule has 28 heavy (non-hydrogen) atoms. The number of carbonyl (C=O) groups excluding carboxylic acids is 1. The van der Waals surface area contributed by atoms with Gasteiger partial charge < -0.3 is 14.5 Å². The van der Waals surface area contributed by atoms with Crippen LogP contribution in [-0.4, -0.2) is 49.2 Å². The molecule has 1 saturated heterocycles. The minimum atomic E-state index is -0.635. The van der Waals surface area contributed by atoms with Crippen LogP contribution in [0.1, 0.15) is 50.8 Å². The van der Waals surface area contributed by atoms with E-state index in [0.717, 1.165) is 42.9 Å². The second-order valence-electron chi connectivity index (χ2n) is 8.49. The molecule has 4 atom stereocenters. The van der Waals surface area contributed by atoms with E-state index in [0.29, 0.717) is 5.92 Å². The molecule has 1 aromatic carbocycles. The lowest BCUT2D eigenvalue weighted by Gasteiger charge is -2.48. The van der Waals surface area contributed by atoms with Crippen LogP contribution in [0.15, 0.2) is 18.2 Å². The molecule has 1 fully saturated rings. The molecule has 2 aromatic rings. The highest BCUT2D eigenvalue weighted by atomic mass is 16.5. The van der Waals surface area contributed by atoms with E-state index < -0.39 is 5.41 Å². The van der Waals surface area contributed by atoms with E-state index in [-0.39, 0.29) is 12.0 Å². The number of rotatable bonds is 5. The molecule has 152 valence electrons. The monoisotopic (exact) mass is 384 g/mol. The third-order valence-electron chi connectivity index (χ3n) is 7.09. The van der Waals surface area contributed by atoms with Crippen molar-refractivity contribution in [1.29, 1.82) is 0 Å². The van der Waals surface area contributed by atoms with Gasteiger partial charge in [-0.25, -0.2) is 0 Å². The Labute approximate surface area is 167 Å². The van der Waals surface area contributed by atoms with E-state index in [4.69, 9.17) is 9.47 Å². The highest BCUT2D eigenvalue weighted by Crippen LogP contribution is 2.48. The van der Waals surface area contributed by atoms with Gasteiger partial charge in [-0.05, 0) is 55.9 Å². The predicted molar refractivity (Wildman–Crippen MR) is 111 cm³/mol. The van der Waals surface area contributed by atoms with Crippen LogP contribution in [0, 0.1) is 5.92 Å². The van der Waals surface area contributed by atoms with Crippen LogP contribution in [0.2, 0.25) is 0 Å². The Morgan fingerprint density at radius 2 is 2.18 bits per heavy atom. The van der Waals surface area contributed by atoms with Gasteiger partial charge in [0.15, 0.2) is 0 Å². The average molecular weight is 385 g/mol. The molecule has 0 aliphatic carbocycles. The molecule has 0 spiro atoms. The topological polar surface area (TPSA) is 54.6 Å². The molecular formula is C23H32N2O3. The Hall–Kier alpha value is -2.01. The number of esters is 1. The Morgan fingerprint density at radius 1 is 1.36 bits per heavy atom. The van der Waals surface area contributed by atoms with Gasteiger partial charge in [0.1, 0.15) is 11.2 Å². The van der Waals surface area contributed by atoms with E-state index >= 15 is 0 Å². The molecule has 0 radical (unpaired) electrons. The first-order valence-electron chi connectivity index (χ1n) is 10.6. The number of benzene rings is 1. The van der Waals surface area contributed by atoms with Crippen LogP contribution < -0.4 is 4.74 Å². The summed E-state index contributed by atoms with van der Waals surface area (Å²) < 4.78 is 10.9. The maximum Gasteiger partial charge on any atom is 0.319 e. The number of aromatic nitrogens is 1. The van der Waals surface area contributed by atoms with Crippen molar-refractivity contribution < 1.29 is 14.3 Å². The maximum atomic E-state index is 13.4. The van der Waals surface area contributed by atoms with Crippen LogP contribution in [0.5, 0.6) is 5.75 Å². The summed E-state index contributed by atoms with van der Waals surface area (Å²) in [6.45, 7) is 6.48. The number of ether oxygens (including phenoxy) is 2. The van der Waals surface area contributed by atoms with E-state index in [1.165, 1.54) is 37.3 Å². The smallest absolute Gasteiger partial charge is 0.319 e. The number of unbranched alkanes of at least 4 members (excludes halogenated alkanes) is 1. The van der Waals surface area contributed by atoms with Gasteiger partial charge >= 0.3 is 5.97 Å². The zero-order valence-electron chi connectivity index (χ0n) is 17.5. The summed E-state index contributed by atoms with van der Waals surface area (Å²) in [4.78, 5) is 19.5. The minimum absolute atomic E-state index is 0.104. The molecule has 1 aromatic heterocycles. The molecule has 5 nitrogen and oxygen atoms in total. The molecular weight excluding hydrogens is 352 g/mol. The lowest BCUT2D eigenvalue weighted by molar-refractivity contribution is -0.154. The zero-order valence-corrected chi connectivity index (χ0v) is 17.5. The Balaban J connectivity index is 1.90. The van der Waals surface area contributed by atoms with E-state index in [9.17, 15) is 4.79 Å². The molecule has 0 amide bonds. The first-order valence-corrected chi connectivity index (χ1v) is 10.6. The Bertz CT molecular complexity index is 874. The summed E-state index contributed by atoms with van der Waals surface area (Å²) in [6, 6.07) is 6.26. The normalized spacial score (nSPS) is 29.2.